The Balaban J connectivity index is 2.89. The van der Waals surface area contributed by atoms with E-state index in [0.29, 0.717) is 12.2 Å². The van der Waals surface area contributed by atoms with E-state index >= 15 is 0 Å². The molecule has 2 N–H and O–H groups in total. The highest BCUT2D eigenvalue weighted by molar-refractivity contribution is 5.94. The fourth-order valence-electron chi connectivity index (χ4n) is 1.55. The number of carbonyl (C=O) groups excluding carboxylic acids is 1. The molecule has 0 spiro atoms. The predicted octanol–water partition coefficient (Wildman–Crippen LogP) is 1.40. The van der Waals surface area contributed by atoms with E-state index < -0.39 is 4.92 Å². The van der Waals surface area contributed by atoms with E-state index in [9.17, 15) is 14.9 Å². The van der Waals surface area contributed by atoms with Crippen LogP contribution in [0.4, 0.5) is 11.4 Å². The molecule has 1 aromatic carbocycles. The zero-order valence-corrected chi connectivity index (χ0v) is 11.1. The van der Waals surface area contributed by atoms with Crippen LogP contribution in [0, 0.1) is 16.0 Å². The Bertz CT molecular complexity index is 476. The van der Waals surface area contributed by atoms with Crippen molar-refractivity contribution < 1.29 is 14.5 Å². The summed E-state index contributed by atoms with van der Waals surface area (Å²) in [6.45, 7) is 2.32. The number of hydrogen-bond acceptors (Lipinski definition) is 5. The number of hydrogen-bond donors (Lipinski definition) is 2. The standard InChI is InChI=1S/C12H17N3O4/c1-8(7-13-2)12(16)14-10-5-4-9(15(17)18)6-11(10)19-3/h4-6,8,13H,7H2,1-3H3,(H,14,16). The molecule has 1 atom stereocenters. The van der Waals surface area contributed by atoms with Gasteiger partial charge in [0.1, 0.15) is 5.75 Å². The molecule has 19 heavy (non-hydrogen) atoms. The van der Waals surface area contributed by atoms with Gasteiger partial charge >= 0.3 is 0 Å². The number of nitro benzene ring substituents is 1. The zero-order chi connectivity index (χ0) is 14.4. The Labute approximate surface area is 111 Å². The summed E-state index contributed by atoms with van der Waals surface area (Å²) >= 11 is 0. The molecule has 0 aliphatic heterocycles. The monoisotopic (exact) mass is 267 g/mol. The van der Waals surface area contributed by atoms with Gasteiger partial charge in [-0.2, -0.15) is 0 Å². The Morgan fingerprint density at radius 1 is 1.53 bits per heavy atom. The molecule has 0 bridgehead atoms. The maximum atomic E-state index is 11.8. The fraction of sp³-hybridized carbons (Fsp3) is 0.417. The van der Waals surface area contributed by atoms with Gasteiger partial charge in [0.15, 0.2) is 0 Å². The molecule has 1 unspecified atom stereocenters. The molecule has 1 amide bonds. The topological polar surface area (TPSA) is 93.5 Å². The van der Waals surface area contributed by atoms with Gasteiger partial charge in [-0.1, -0.05) is 6.92 Å². The average Bonchev–Trinajstić information content (AvgIpc) is 2.39. The molecule has 0 aromatic heterocycles. The molecule has 0 saturated carbocycles. The zero-order valence-electron chi connectivity index (χ0n) is 11.1. The van der Waals surface area contributed by atoms with Gasteiger partial charge in [-0.05, 0) is 13.1 Å². The van der Waals surface area contributed by atoms with Crippen LogP contribution < -0.4 is 15.4 Å². The smallest absolute Gasteiger partial charge is 0.273 e. The number of carbonyl (C=O) groups is 1. The third-order valence-corrected chi connectivity index (χ3v) is 2.61. The highest BCUT2D eigenvalue weighted by Gasteiger charge is 2.16. The summed E-state index contributed by atoms with van der Waals surface area (Å²) in [4.78, 5) is 22.0. The first kappa shape index (κ1) is 14.9. The molecule has 0 radical (unpaired) electrons. The van der Waals surface area contributed by atoms with Crippen LogP contribution in [0.3, 0.4) is 0 Å². The van der Waals surface area contributed by atoms with E-state index in [1.807, 2.05) is 0 Å². The third-order valence-electron chi connectivity index (χ3n) is 2.61. The lowest BCUT2D eigenvalue weighted by Gasteiger charge is -2.13. The lowest BCUT2D eigenvalue weighted by molar-refractivity contribution is -0.384. The number of methoxy groups -OCH3 is 1. The minimum atomic E-state index is -0.516. The molecule has 7 nitrogen and oxygen atoms in total. The number of non-ortho nitro benzene ring substituents is 1. The van der Waals surface area contributed by atoms with Crippen molar-refractivity contribution in [2.24, 2.45) is 5.92 Å². The van der Waals surface area contributed by atoms with Crippen molar-refractivity contribution in [3.63, 3.8) is 0 Å². The highest BCUT2D eigenvalue weighted by atomic mass is 16.6. The maximum Gasteiger partial charge on any atom is 0.273 e. The lowest BCUT2D eigenvalue weighted by atomic mass is 10.1. The molecule has 0 saturated heterocycles. The molecular weight excluding hydrogens is 250 g/mol. The second kappa shape index (κ2) is 6.69. The van der Waals surface area contributed by atoms with Gasteiger partial charge in [0.2, 0.25) is 5.91 Å². The Kier molecular flexibility index (Phi) is 5.25. The Hall–Kier alpha value is -2.15. The SMILES string of the molecule is CNCC(C)C(=O)Nc1ccc([N+](=O)[O-])cc1OC. The number of ether oxygens (including phenoxy) is 1. The van der Waals surface area contributed by atoms with Crippen molar-refractivity contribution in [3.8, 4) is 5.75 Å². The summed E-state index contributed by atoms with van der Waals surface area (Å²) in [6, 6.07) is 4.06. The minimum absolute atomic E-state index is 0.0851. The quantitative estimate of drug-likeness (QED) is 0.600. The van der Waals surface area contributed by atoms with Crippen LogP contribution in [0.25, 0.3) is 0 Å². The molecular formula is C12H17N3O4. The van der Waals surface area contributed by atoms with Crippen LogP contribution in [0.2, 0.25) is 0 Å². The average molecular weight is 267 g/mol. The number of rotatable bonds is 6. The van der Waals surface area contributed by atoms with Crippen molar-refractivity contribution in [2.75, 3.05) is 26.0 Å². The van der Waals surface area contributed by atoms with Gasteiger partial charge in [-0.25, -0.2) is 0 Å². The molecule has 0 aliphatic carbocycles. The minimum Gasteiger partial charge on any atom is -0.494 e. The first-order valence-corrected chi connectivity index (χ1v) is 5.77. The molecule has 1 aromatic rings. The second-order valence-electron chi connectivity index (χ2n) is 4.09. The van der Waals surface area contributed by atoms with Gasteiger partial charge in [-0.15, -0.1) is 0 Å². The summed E-state index contributed by atoms with van der Waals surface area (Å²) in [5.74, 6) is -0.134. The van der Waals surface area contributed by atoms with Gasteiger partial charge < -0.3 is 15.4 Å². The first-order chi connectivity index (χ1) is 8.99. The molecule has 104 valence electrons. The van der Waals surface area contributed by atoms with Crippen LogP contribution in [0.1, 0.15) is 6.92 Å². The molecule has 7 heteroatoms. The predicted molar refractivity (Wildman–Crippen MR) is 71.4 cm³/mol. The van der Waals surface area contributed by atoms with E-state index in [0.717, 1.165) is 0 Å². The van der Waals surface area contributed by atoms with Crippen molar-refractivity contribution in [3.05, 3.63) is 28.3 Å². The van der Waals surface area contributed by atoms with E-state index in [1.165, 1.54) is 25.3 Å². The van der Waals surface area contributed by atoms with Crippen LogP contribution in [-0.2, 0) is 4.79 Å². The second-order valence-corrected chi connectivity index (χ2v) is 4.09. The lowest BCUT2D eigenvalue weighted by Crippen LogP contribution is -2.28. The van der Waals surface area contributed by atoms with Gasteiger partial charge in [0, 0.05) is 18.5 Å². The first-order valence-electron chi connectivity index (χ1n) is 5.77. The van der Waals surface area contributed by atoms with Crippen LogP contribution in [0.5, 0.6) is 5.75 Å². The summed E-state index contributed by atoms with van der Waals surface area (Å²) < 4.78 is 5.04. The number of benzene rings is 1. The van der Waals surface area contributed by atoms with Gasteiger partial charge in [0.25, 0.3) is 5.69 Å². The largest absolute Gasteiger partial charge is 0.494 e. The Morgan fingerprint density at radius 2 is 2.21 bits per heavy atom. The molecule has 0 fully saturated rings. The summed E-state index contributed by atoms with van der Waals surface area (Å²) in [7, 11) is 3.15. The summed E-state index contributed by atoms with van der Waals surface area (Å²) in [6.07, 6.45) is 0. The summed E-state index contributed by atoms with van der Waals surface area (Å²) in [5.41, 5.74) is 0.333. The van der Waals surface area contributed by atoms with E-state index in [4.69, 9.17) is 4.74 Å². The maximum absolute atomic E-state index is 11.8. The molecule has 1 rings (SSSR count). The number of nitro groups is 1. The van der Waals surface area contributed by atoms with E-state index in [1.54, 1.807) is 14.0 Å². The van der Waals surface area contributed by atoms with Gasteiger partial charge in [-0.3, -0.25) is 14.9 Å². The molecule has 0 heterocycles. The van der Waals surface area contributed by atoms with E-state index in [2.05, 4.69) is 10.6 Å². The number of anilines is 1. The number of nitrogens with zero attached hydrogens (tertiary/aromatic N) is 1. The van der Waals surface area contributed by atoms with Crippen molar-refractivity contribution in [1.29, 1.82) is 0 Å². The van der Waals surface area contributed by atoms with Gasteiger partial charge in [0.05, 0.1) is 23.8 Å². The van der Waals surface area contributed by atoms with Crippen LogP contribution in [0.15, 0.2) is 18.2 Å². The number of nitrogens with one attached hydrogen (secondary N) is 2. The Morgan fingerprint density at radius 3 is 2.74 bits per heavy atom. The van der Waals surface area contributed by atoms with Crippen molar-refractivity contribution in [1.82, 2.24) is 5.32 Å². The van der Waals surface area contributed by atoms with Crippen molar-refractivity contribution in [2.45, 2.75) is 6.92 Å². The normalized spacial score (nSPS) is 11.7. The summed E-state index contributed by atoms with van der Waals surface area (Å²) in [5, 5.41) is 16.2. The highest BCUT2D eigenvalue weighted by Crippen LogP contribution is 2.29. The van der Waals surface area contributed by atoms with Crippen molar-refractivity contribution >= 4 is 17.3 Å². The van der Waals surface area contributed by atoms with Crippen LogP contribution in [-0.4, -0.2) is 31.5 Å². The number of amides is 1. The van der Waals surface area contributed by atoms with Crippen LogP contribution >= 0.6 is 0 Å². The third kappa shape index (κ3) is 3.92. The fourth-order valence-corrected chi connectivity index (χ4v) is 1.55. The van der Waals surface area contributed by atoms with E-state index in [-0.39, 0.29) is 23.3 Å². The molecule has 0 aliphatic rings.